The smallest absolute Gasteiger partial charge is 0.131 e. The molecule has 2 N–H and O–H groups in total. The number of pyridine rings is 1. The highest BCUT2D eigenvalue weighted by atomic mass is 16.5. The van der Waals surface area contributed by atoms with Crippen LogP contribution < -0.4 is 10.2 Å². The Morgan fingerprint density at radius 1 is 1.50 bits per heavy atom. The van der Waals surface area contributed by atoms with Gasteiger partial charge in [-0.05, 0) is 37.6 Å². The molecule has 0 radical (unpaired) electrons. The van der Waals surface area contributed by atoms with Crippen LogP contribution in [0, 0.1) is 6.92 Å². The lowest BCUT2D eigenvalue weighted by molar-refractivity contribution is -0.0423. The van der Waals surface area contributed by atoms with Crippen LogP contribution in [0.1, 0.15) is 25.0 Å². The molecule has 1 aromatic rings. The molecule has 1 aromatic heterocycles. The molecule has 2 rings (SSSR count). The van der Waals surface area contributed by atoms with Gasteiger partial charge in [0.25, 0.3) is 0 Å². The Bertz CT molecular complexity index is 439. The topological polar surface area (TPSA) is 57.6 Å². The minimum atomic E-state index is -0.124. The largest absolute Gasteiger partial charge is 0.394 e. The fourth-order valence-electron chi connectivity index (χ4n) is 2.64. The molecule has 0 spiro atoms. The highest BCUT2D eigenvalue weighted by molar-refractivity contribution is 5.48. The number of aromatic nitrogens is 1. The molecule has 5 heteroatoms. The van der Waals surface area contributed by atoms with Gasteiger partial charge in [-0.1, -0.05) is 6.92 Å². The molecule has 1 saturated heterocycles. The zero-order chi connectivity index (χ0) is 14.5. The maximum absolute atomic E-state index is 9.30. The van der Waals surface area contributed by atoms with Crippen LogP contribution in [0.25, 0.3) is 0 Å². The third-order valence-corrected chi connectivity index (χ3v) is 3.52. The summed E-state index contributed by atoms with van der Waals surface area (Å²) in [5, 5.41) is 12.6. The van der Waals surface area contributed by atoms with Gasteiger partial charge in [0.05, 0.1) is 18.8 Å². The summed E-state index contributed by atoms with van der Waals surface area (Å²) in [5.74, 6) is 0.999. The van der Waals surface area contributed by atoms with Crippen molar-refractivity contribution in [2.75, 3.05) is 31.1 Å². The van der Waals surface area contributed by atoms with Crippen molar-refractivity contribution in [3.8, 4) is 0 Å². The third kappa shape index (κ3) is 3.69. The molecule has 0 amide bonds. The first kappa shape index (κ1) is 15.2. The number of ether oxygens (including phenoxy) is 1. The van der Waals surface area contributed by atoms with E-state index in [1.807, 2.05) is 13.1 Å². The van der Waals surface area contributed by atoms with Gasteiger partial charge >= 0.3 is 0 Å². The normalized spacial score (nSPS) is 23.1. The predicted molar refractivity (Wildman–Crippen MR) is 80.0 cm³/mol. The van der Waals surface area contributed by atoms with E-state index < -0.39 is 0 Å². The van der Waals surface area contributed by atoms with Crippen molar-refractivity contribution in [3.05, 3.63) is 23.4 Å². The van der Waals surface area contributed by atoms with E-state index in [1.165, 1.54) is 11.1 Å². The zero-order valence-corrected chi connectivity index (χ0v) is 12.6. The second-order valence-corrected chi connectivity index (χ2v) is 5.42. The molecular weight excluding hydrogens is 254 g/mol. The van der Waals surface area contributed by atoms with Crippen LogP contribution in [-0.2, 0) is 11.3 Å². The van der Waals surface area contributed by atoms with E-state index in [0.29, 0.717) is 6.54 Å². The molecule has 5 nitrogen and oxygen atoms in total. The second-order valence-electron chi connectivity index (χ2n) is 5.42. The molecule has 0 bridgehead atoms. The van der Waals surface area contributed by atoms with E-state index in [2.05, 4.69) is 35.1 Å². The Hall–Kier alpha value is -1.17. The quantitative estimate of drug-likeness (QED) is 0.845. The molecule has 2 unspecified atom stereocenters. The number of aliphatic hydroxyl groups is 1. The number of hydrogen-bond donors (Lipinski definition) is 2. The molecule has 0 saturated carbocycles. The van der Waals surface area contributed by atoms with Gasteiger partial charge in [0, 0.05) is 25.8 Å². The van der Waals surface area contributed by atoms with Gasteiger partial charge in [-0.25, -0.2) is 4.98 Å². The number of aryl methyl sites for hydroxylation is 1. The number of hydrogen-bond acceptors (Lipinski definition) is 5. The summed E-state index contributed by atoms with van der Waals surface area (Å²) < 4.78 is 5.67. The van der Waals surface area contributed by atoms with Crippen LogP contribution in [0.3, 0.4) is 0 Å². The fraction of sp³-hybridized carbons (Fsp3) is 0.667. The monoisotopic (exact) mass is 279 g/mol. The van der Waals surface area contributed by atoms with Crippen LogP contribution in [0.4, 0.5) is 5.82 Å². The Kier molecular flexibility index (Phi) is 5.34. The second kappa shape index (κ2) is 7.02. The van der Waals surface area contributed by atoms with Crippen LogP contribution >= 0.6 is 0 Å². The Morgan fingerprint density at radius 3 is 2.95 bits per heavy atom. The average molecular weight is 279 g/mol. The minimum Gasteiger partial charge on any atom is -0.394 e. The van der Waals surface area contributed by atoms with Gasteiger partial charge in [-0.3, -0.25) is 0 Å². The standard InChI is InChI=1S/C15H25N3O2/c1-4-16-6-13-5-11(2)15(17-7-13)18-8-12(3)20-14(9-18)10-19/h5,7,12,14,16,19H,4,6,8-10H2,1-3H3. The number of nitrogens with zero attached hydrogens (tertiary/aromatic N) is 2. The van der Waals surface area contributed by atoms with Crippen molar-refractivity contribution in [3.63, 3.8) is 0 Å². The summed E-state index contributed by atoms with van der Waals surface area (Å²) >= 11 is 0. The van der Waals surface area contributed by atoms with E-state index in [-0.39, 0.29) is 18.8 Å². The highest BCUT2D eigenvalue weighted by Crippen LogP contribution is 2.22. The summed E-state index contributed by atoms with van der Waals surface area (Å²) in [5.41, 5.74) is 2.37. The lowest BCUT2D eigenvalue weighted by atomic mass is 10.1. The summed E-state index contributed by atoms with van der Waals surface area (Å²) in [4.78, 5) is 6.82. The Balaban J connectivity index is 2.11. The predicted octanol–water partition coefficient (Wildman–Crippen LogP) is 1.09. The lowest BCUT2D eigenvalue weighted by Gasteiger charge is -2.37. The first-order chi connectivity index (χ1) is 9.63. The van der Waals surface area contributed by atoms with Crippen molar-refractivity contribution in [1.29, 1.82) is 0 Å². The first-order valence-electron chi connectivity index (χ1n) is 7.31. The van der Waals surface area contributed by atoms with Crippen LogP contribution in [0.5, 0.6) is 0 Å². The maximum Gasteiger partial charge on any atom is 0.131 e. The molecule has 0 aliphatic carbocycles. The van der Waals surface area contributed by atoms with Crippen molar-refractivity contribution in [1.82, 2.24) is 10.3 Å². The molecule has 1 aliphatic rings. The minimum absolute atomic E-state index is 0.0540. The van der Waals surface area contributed by atoms with Gasteiger partial charge in [-0.15, -0.1) is 0 Å². The number of anilines is 1. The SMILES string of the molecule is CCNCc1cnc(N2CC(C)OC(CO)C2)c(C)c1. The van der Waals surface area contributed by atoms with Gasteiger partial charge < -0.3 is 20.1 Å². The van der Waals surface area contributed by atoms with Crippen molar-refractivity contribution in [2.45, 2.75) is 39.5 Å². The number of morpholine rings is 1. The molecule has 2 atom stereocenters. The number of aliphatic hydroxyl groups excluding tert-OH is 1. The van der Waals surface area contributed by atoms with Crippen LogP contribution in [-0.4, -0.2) is 48.5 Å². The fourth-order valence-corrected chi connectivity index (χ4v) is 2.64. The van der Waals surface area contributed by atoms with E-state index in [0.717, 1.165) is 25.5 Å². The van der Waals surface area contributed by atoms with E-state index in [4.69, 9.17) is 4.74 Å². The van der Waals surface area contributed by atoms with Gasteiger partial charge in [-0.2, -0.15) is 0 Å². The Morgan fingerprint density at radius 2 is 2.30 bits per heavy atom. The van der Waals surface area contributed by atoms with Gasteiger partial charge in [0.15, 0.2) is 0 Å². The number of nitrogens with one attached hydrogen (secondary N) is 1. The molecular formula is C15H25N3O2. The van der Waals surface area contributed by atoms with Crippen LogP contribution in [0.2, 0.25) is 0 Å². The molecule has 2 heterocycles. The van der Waals surface area contributed by atoms with Crippen molar-refractivity contribution >= 4 is 5.82 Å². The summed E-state index contributed by atoms with van der Waals surface area (Å²) in [6, 6.07) is 2.18. The summed E-state index contributed by atoms with van der Waals surface area (Å²) in [6.07, 6.45) is 1.92. The summed E-state index contributed by atoms with van der Waals surface area (Å²) in [6.45, 7) is 9.59. The van der Waals surface area contributed by atoms with Crippen LogP contribution in [0.15, 0.2) is 12.3 Å². The lowest BCUT2D eigenvalue weighted by Crippen LogP contribution is -2.48. The van der Waals surface area contributed by atoms with E-state index >= 15 is 0 Å². The highest BCUT2D eigenvalue weighted by Gasteiger charge is 2.26. The van der Waals surface area contributed by atoms with Gasteiger partial charge in [0.1, 0.15) is 5.82 Å². The zero-order valence-electron chi connectivity index (χ0n) is 12.6. The molecule has 112 valence electrons. The molecule has 0 aromatic carbocycles. The third-order valence-electron chi connectivity index (χ3n) is 3.52. The summed E-state index contributed by atoms with van der Waals surface area (Å²) in [7, 11) is 0. The maximum atomic E-state index is 9.30. The van der Waals surface area contributed by atoms with Crippen molar-refractivity contribution < 1.29 is 9.84 Å². The molecule has 1 aliphatic heterocycles. The van der Waals surface area contributed by atoms with E-state index in [1.54, 1.807) is 0 Å². The Labute approximate surface area is 121 Å². The van der Waals surface area contributed by atoms with Gasteiger partial charge in [0.2, 0.25) is 0 Å². The molecule has 1 fully saturated rings. The first-order valence-corrected chi connectivity index (χ1v) is 7.31. The molecule has 20 heavy (non-hydrogen) atoms. The average Bonchev–Trinajstić information content (AvgIpc) is 2.44. The van der Waals surface area contributed by atoms with Crippen molar-refractivity contribution in [2.24, 2.45) is 0 Å². The van der Waals surface area contributed by atoms with E-state index in [9.17, 15) is 5.11 Å². The number of rotatable bonds is 5.